The van der Waals surface area contributed by atoms with Gasteiger partial charge in [-0.25, -0.2) is 14.6 Å². The van der Waals surface area contributed by atoms with Crippen molar-refractivity contribution in [2.24, 2.45) is 11.8 Å². The van der Waals surface area contributed by atoms with Crippen LogP contribution in [0.2, 0.25) is 0 Å². The highest BCUT2D eigenvalue weighted by molar-refractivity contribution is 7.13. The minimum absolute atomic E-state index is 0.0307. The molecule has 0 unspecified atom stereocenters. The Morgan fingerprint density at radius 1 is 1.31 bits per heavy atom. The minimum atomic E-state index is 0.0307. The van der Waals surface area contributed by atoms with E-state index in [2.05, 4.69) is 30.4 Å². The van der Waals surface area contributed by atoms with Crippen molar-refractivity contribution in [2.45, 2.75) is 56.0 Å². The van der Waals surface area contributed by atoms with Crippen molar-refractivity contribution in [3.05, 3.63) is 24.2 Å². The lowest BCUT2D eigenvalue weighted by Gasteiger charge is -2.62. The van der Waals surface area contributed by atoms with Gasteiger partial charge in [-0.3, -0.25) is 4.79 Å². The van der Waals surface area contributed by atoms with Gasteiger partial charge in [0.25, 0.3) is 0 Å². The number of nitrogens with one attached hydrogen (secondary N) is 2. The molecule has 26 heavy (non-hydrogen) atoms. The monoisotopic (exact) mass is 372 g/mol. The molecule has 4 bridgehead atoms. The smallest absolute Gasteiger partial charge is 0.227 e. The topological polar surface area (TPSA) is 84.7 Å². The lowest BCUT2D eigenvalue weighted by Crippen LogP contribution is -2.65. The van der Waals surface area contributed by atoms with E-state index in [1.807, 2.05) is 11.7 Å². The number of thiazole rings is 1. The number of hydrogen-bond donors (Lipinski definition) is 2. The lowest BCUT2D eigenvalue weighted by molar-refractivity contribution is -0.116. The van der Waals surface area contributed by atoms with Crippen molar-refractivity contribution in [3.63, 3.8) is 0 Å². The third-order valence-corrected chi connectivity index (χ3v) is 7.15. The van der Waals surface area contributed by atoms with Crippen LogP contribution in [0.1, 0.15) is 44.9 Å². The average Bonchev–Trinajstić information content (AvgIpc) is 3.27. The molecule has 138 valence electrons. The molecule has 2 N–H and O–H groups in total. The first-order chi connectivity index (χ1) is 12.6. The summed E-state index contributed by atoms with van der Waals surface area (Å²) in [7, 11) is 0. The maximum Gasteiger partial charge on any atom is 0.227 e. The summed E-state index contributed by atoms with van der Waals surface area (Å²) in [4.78, 5) is 20.4. The highest BCUT2D eigenvalue weighted by atomic mass is 32.1. The molecule has 8 heteroatoms. The maximum atomic E-state index is 12.1. The van der Waals surface area contributed by atoms with Crippen LogP contribution in [0.25, 0.3) is 0 Å². The van der Waals surface area contributed by atoms with Gasteiger partial charge in [-0.2, -0.15) is 5.10 Å². The number of hydrogen-bond acceptors (Lipinski definition) is 6. The zero-order chi connectivity index (χ0) is 17.6. The predicted molar refractivity (Wildman–Crippen MR) is 98.8 cm³/mol. The van der Waals surface area contributed by atoms with Gasteiger partial charge in [0.1, 0.15) is 12.7 Å². The summed E-state index contributed by atoms with van der Waals surface area (Å²) in [5, 5.41) is 13.7. The Balaban J connectivity index is 1.25. The zero-order valence-corrected chi connectivity index (χ0v) is 15.5. The average molecular weight is 372 g/mol. The van der Waals surface area contributed by atoms with Crippen molar-refractivity contribution in [2.75, 3.05) is 11.9 Å². The molecule has 4 fully saturated rings. The SMILES string of the molecule is O=C(CCNC12C[C@@H]3C[C@@H](C1)CC(n1cncn1)(C3)C2)Nc1nccs1. The molecule has 2 heterocycles. The van der Waals surface area contributed by atoms with Crippen LogP contribution in [0, 0.1) is 11.8 Å². The molecule has 4 aliphatic carbocycles. The van der Waals surface area contributed by atoms with E-state index in [0.717, 1.165) is 18.3 Å². The molecular weight excluding hydrogens is 348 g/mol. The van der Waals surface area contributed by atoms with Crippen LogP contribution in [0.3, 0.4) is 0 Å². The van der Waals surface area contributed by atoms with Crippen LogP contribution < -0.4 is 10.6 Å². The molecule has 0 radical (unpaired) electrons. The quantitative estimate of drug-likeness (QED) is 0.813. The number of amides is 1. The summed E-state index contributed by atoms with van der Waals surface area (Å²) in [6.07, 6.45) is 13.1. The Morgan fingerprint density at radius 3 is 2.85 bits per heavy atom. The summed E-state index contributed by atoms with van der Waals surface area (Å²) < 4.78 is 2.12. The number of carbonyl (C=O) groups excluding carboxylic acids is 1. The number of carbonyl (C=O) groups is 1. The molecule has 7 nitrogen and oxygen atoms in total. The molecule has 0 spiro atoms. The molecule has 2 aromatic heterocycles. The Morgan fingerprint density at radius 2 is 2.15 bits per heavy atom. The summed E-state index contributed by atoms with van der Waals surface area (Å²) in [6, 6.07) is 0. The molecule has 0 aliphatic heterocycles. The highest BCUT2D eigenvalue weighted by Crippen LogP contribution is 2.60. The predicted octanol–water partition coefficient (Wildman–Crippen LogP) is 2.40. The molecular formula is C18H24N6OS. The number of nitrogens with zero attached hydrogens (tertiary/aromatic N) is 4. The largest absolute Gasteiger partial charge is 0.311 e. The van der Waals surface area contributed by atoms with Gasteiger partial charge >= 0.3 is 0 Å². The van der Waals surface area contributed by atoms with Crippen LogP contribution >= 0.6 is 11.3 Å². The molecule has 0 aromatic carbocycles. The number of aromatic nitrogens is 4. The van der Waals surface area contributed by atoms with Gasteiger partial charge in [0, 0.05) is 30.1 Å². The fourth-order valence-electron chi connectivity index (χ4n) is 6.05. The first kappa shape index (κ1) is 16.4. The van der Waals surface area contributed by atoms with E-state index in [1.165, 1.54) is 43.4 Å². The second kappa shape index (κ2) is 6.13. The Labute approximate surface area is 156 Å². The molecule has 2 aromatic rings. The van der Waals surface area contributed by atoms with Crippen LogP contribution in [0.4, 0.5) is 5.13 Å². The van der Waals surface area contributed by atoms with E-state index in [4.69, 9.17) is 0 Å². The van der Waals surface area contributed by atoms with Crippen molar-refractivity contribution in [1.29, 1.82) is 0 Å². The first-order valence-corrected chi connectivity index (χ1v) is 10.3. The summed E-state index contributed by atoms with van der Waals surface area (Å²) >= 11 is 1.45. The highest BCUT2D eigenvalue weighted by Gasteiger charge is 2.58. The fourth-order valence-corrected chi connectivity index (χ4v) is 6.60. The van der Waals surface area contributed by atoms with Gasteiger partial charge in [0.15, 0.2) is 5.13 Å². The van der Waals surface area contributed by atoms with E-state index in [0.29, 0.717) is 18.1 Å². The molecule has 0 saturated heterocycles. The van der Waals surface area contributed by atoms with Crippen LogP contribution in [0.5, 0.6) is 0 Å². The molecule has 4 saturated carbocycles. The van der Waals surface area contributed by atoms with E-state index in [9.17, 15) is 4.79 Å². The van der Waals surface area contributed by atoms with E-state index in [1.54, 1.807) is 12.5 Å². The Bertz CT molecular complexity index is 760. The third kappa shape index (κ3) is 2.85. The van der Waals surface area contributed by atoms with Gasteiger partial charge in [0.2, 0.25) is 5.91 Å². The van der Waals surface area contributed by atoms with E-state index >= 15 is 0 Å². The van der Waals surface area contributed by atoms with Crippen molar-refractivity contribution < 1.29 is 4.79 Å². The molecule has 4 aliphatic rings. The summed E-state index contributed by atoms with van der Waals surface area (Å²) in [5.41, 5.74) is 0.272. The van der Waals surface area contributed by atoms with Crippen LogP contribution in [0.15, 0.2) is 24.2 Å². The second-order valence-corrected chi connectivity index (χ2v) is 9.26. The Kier molecular flexibility index (Phi) is 3.86. The minimum Gasteiger partial charge on any atom is -0.311 e. The van der Waals surface area contributed by atoms with Crippen LogP contribution in [-0.2, 0) is 10.3 Å². The maximum absolute atomic E-state index is 12.1. The molecule has 2 atom stereocenters. The van der Waals surface area contributed by atoms with E-state index in [-0.39, 0.29) is 17.0 Å². The molecule has 1 amide bonds. The van der Waals surface area contributed by atoms with Crippen molar-refractivity contribution >= 4 is 22.4 Å². The van der Waals surface area contributed by atoms with Crippen molar-refractivity contribution in [3.8, 4) is 0 Å². The molecule has 6 rings (SSSR count). The lowest BCUT2D eigenvalue weighted by atomic mass is 9.50. The van der Waals surface area contributed by atoms with Crippen LogP contribution in [-0.4, -0.2) is 37.7 Å². The van der Waals surface area contributed by atoms with Gasteiger partial charge in [-0.1, -0.05) is 0 Å². The van der Waals surface area contributed by atoms with Crippen molar-refractivity contribution in [1.82, 2.24) is 25.1 Å². The first-order valence-electron chi connectivity index (χ1n) is 9.44. The second-order valence-electron chi connectivity index (χ2n) is 8.37. The van der Waals surface area contributed by atoms with Gasteiger partial charge in [-0.15, -0.1) is 11.3 Å². The van der Waals surface area contributed by atoms with Gasteiger partial charge in [0.05, 0.1) is 5.54 Å². The van der Waals surface area contributed by atoms with E-state index < -0.39 is 0 Å². The Hall–Kier alpha value is -1.80. The number of rotatable bonds is 6. The normalized spacial score (nSPS) is 34.9. The fraction of sp³-hybridized carbons (Fsp3) is 0.667. The zero-order valence-electron chi connectivity index (χ0n) is 14.7. The third-order valence-electron chi connectivity index (χ3n) is 6.47. The summed E-state index contributed by atoms with van der Waals surface area (Å²) in [6.45, 7) is 0.712. The standard InChI is InChI=1S/C18H24N6OS/c25-15(23-16-20-3-4-26-16)1-2-21-17-6-13-5-14(7-17)9-18(8-13,10-17)24-12-19-11-22-24/h3-4,11-14,21H,1-2,5-10H2,(H,20,23,25)/t13-,14-,17?,18?/m0/s1. The number of anilines is 1. The van der Waals surface area contributed by atoms with Gasteiger partial charge in [-0.05, 0) is 50.4 Å². The van der Waals surface area contributed by atoms with Gasteiger partial charge < -0.3 is 10.6 Å². The summed E-state index contributed by atoms with van der Waals surface area (Å²) in [5.74, 6) is 1.55.